The first-order valence-electron chi connectivity index (χ1n) is 7.25. The highest BCUT2D eigenvalue weighted by Gasteiger charge is 2.23. The highest BCUT2D eigenvalue weighted by molar-refractivity contribution is 6.18. The Morgan fingerprint density at radius 3 is 2.74 bits per heavy atom. The van der Waals surface area contributed by atoms with Crippen LogP contribution in [-0.2, 0) is 31.4 Å². The van der Waals surface area contributed by atoms with Crippen molar-refractivity contribution in [2.24, 2.45) is 5.92 Å². The van der Waals surface area contributed by atoms with Crippen molar-refractivity contribution >= 4 is 34.4 Å². The van der Waals surface area contributed by atoms with Crippen LogP contribution in [0.2, 0.25) is 0 Å². The van der Waals surface area contributed by atoms with Gasteiger partial charge in [-0.15, -0.1) is 11.6 Å². The molecule has 0 aliphatic carbocycles. The van der Waals surface area contributed by atoms with E-state index in [1.165, 1.54) is 14.2 Å². The second-order valence-electron chi connectivity index (χ2n) is 5.21. The van der Waals surface area contributed by atoms with E-state index in [0.717, 1.165) is 22.0 Å². The van der Waals surface area contributed by atoms with Gasteiger partial charge in [0.05, 0.1) is 38.3 Å². The number of ether oxygens (including phenoxy) is 2. The lowest BCUT2D eigenvalue weighted by Gasteiger charge is -2.15. The zero-order valence-electron chi connectivity index (χ0n) is 13.1. The fourth-order valence-corrected chi connectivity index (χ4v) is 2.91. The number of aromatic nitrogens is 2. The predicted octanol–water partition coefficient (Wildman–Crippen LogP) is 2.59. The number of fused-ring (bicyclic) bond motifs is 1. The lowest BCUT2D eigenvalue weighted by molar-refractivity contribution is -0.152. The molecule has 1 heterocycles. The number of nitrogens with one attached hydrogen (secondary N) is 1. The number of aromatic amines is 1. The summed E-state index contributed by atoms with van der Waals surface area (Å²) in [6.45, 7) is 0. The summed E-state index contributed by atoms with van der Waals surface area (Å²) < 4.78 is 9.41. The minimum Gasteiger partial charge on any atom is -0.469 e. The van der Waals surface area contributed by atoms with Gasteiger partial charge in [-0.05, 0) is 30.0 Å². The summed E-state index contributed by atoms with van der Waals surface area (Å²) in [5.41, 5.74) is 2.94. The minimum absolute atomic E-state index is 0.00728. The maximum atomic E-state index is 11.8. The average molecular weight is 339 g/mol. The van der Waals surface area contributed by atoms with Gasteiger partial charge in [0, 0.05) is 11.3 Å². The zero-order chi connectivity index (χ0) is 16.8. The first kappa shape index (κ1) is 17.3. The SMILES string of the molecule is COC(=O)C[C@H](CCc1ccc2[nH]ncc2c1CCl)C(=O)OC. The van der Waals surface area contributed by atoms with Crippen molar-refractivity contribution in [3.63, 3.8) is 0 Å². The molecule has 1 N–H and O–H groups in total. The number of alkyl halides is 1. The second-order valence-corrected chi connectivity index (χ2v) is 5.47. The Morgan fingerprint density at radius 2 is 2.09 bits per heavy atom. The monoisotopic (exact) mass is 338 g/mol. The molecule has 0 unspecified atom stereocenters. The van der Waals surface area contributed by atoms with Gasteiger partial charge in [0.15, 0.2) is 0 Å². The Balaban J connectivity index is 2.16. The highest BCUT2D eigenvalue weighted by atomic mass is 35.5. The van der Waals surface area contributed by atoms with Gasteiger partial charge in [0.1, 0.15) is 0 Å². The Labute approximate surface area is 139 Å². The highest BCUT2D eigenvalue weighted by Crippen LogP contribution is 2.25. The van der Waals surface area contributed by atoms with Crippen LogP contribution in [0.3, 0.4) is 0 Å². The molecule has 0 aliphatic rings. The number of aryl methyl sites for hydroxylation is 1. The standard InChI is InChI=1S/C16H19ClN2O4/c1-22-15(20)7-11(16(21)23-2)4-3-10-5-6-14-13(9-18-19-14)12(10)8-17/h5-6,9,11H,3-4,7-8H2,1-2H3,(H,18,19)/t11-/m0/s1. The number of methoxy groups -OCH3 is 2. The van der Waals surface area contributed by atoms with Crippen LogP contribution in [0.1, 0.15) is 24.0 Å². The molecule has 0 fully saturated rings. The summed E-state index contributed by atoms with van der Waals surface area (Å²) in [6.07, 6.45) is 2.84. The third kappa shape index (κ3) is 4.01. The molecule has 0 amide bonds. The molecule has 0 saturated carbocycles. The van der Waals surface area contributed by atoms with Crippen molar-refractivity contribution in [1.29, 1.82) is 0 Å². The molecule has 0 bridgehead atoms. The van der Waals surface area contributed by atoms with Crippen LogP contribution in [0, 0.1) is 5.92 Å². The van der Waals surface area contributed by atoms with Crippen LogP contribution < -0.4 is 0 Å². The molecule has 23 heavy (non-hydrogen) atoms. The van der Waals surface area contributed by atoms with Crippen molar-refractivity contribution in [2.45, 2.75) is 25.1 Å². The molecule has 1 atom stereocenters. The molecule has 2 aromatic rings. The summed E-state index contributed by atoms with van der Waals surface area (Å²) in [5.74, 6) is -1.02. The van der Waals surface area contributed by atoms with E-state index in [2.05, 4.69) is 14.9 Å². The Hall–Kier alpha value is -2.08. The molecular weight excluding hydrogens is 320 g/mol. The van der Waals surface area contributed by atoms with Crippen molar-refractivity contribution < 1.29 is 19.1 Å². The molecule has 0 spiro atoms. The van der Waals surface area contributed by atoms with Gasteiger partial charge >= 0.3 is 11.9 Å². The van der Waals surface area contributed by atoms with E-state index >= 15 is 0 Å². The fourth-order valence-electron chi connectivity index (χ4n) is 2.60. The summed E-state index contributed by atoms with van der Waals surface area (Å²) in [4.78, 5) is 23.3. The van der Waals surface area contributed by atoms with Gasteiger partial charge in [0.2, 0.25) is 0 Å². The largest absolute Gasteiger partial charge is 0.469 e. The number of benzene rings is 1. The molecule has 6 nitrogen and oxygen atoms in total. The third-order valence-electron chi connectivity index (χ3n) is 3.90. The van der Waals surface area contributed by atoms with Gasteiger partial charge in [-0.25, -0.2) is 0 Å². The van der Waals surface area contributed by atoms with E-state index in [1.807, 2.05) is 12.1 Å². The van der Waals surface area contributed by atoms with E-state index in [-0.39, 0.29) is 6.42 Å². The van der Waals surface area contributed by atoms with Gasteiger partial charge < -0.3 is 9.47 Å². The number of H-pyrrole nitrogens is 1. The number of esters is 2. The quantitative estimate of drug-likeness (QED) is 0.620. The summed E-state index contributed by atoms with van der Waals surface area (Å²) >= 11 is 6.07. The molecule has 0 saturated heterocycles. The molecule has 124 valence electrons. The maximum absolute atomic E-state index is 11.8. The van der Waals surface area contributed by atoms with Crippen LogP contribution >= 0.6 is 11.6 Å². The normalized spacial score (nSPS) is 12.1. The first-order valence-corrected chi connectivity index (χ1v) is 7.78. The fraction of sp³-hybridized carbons (Fsp3) is 0.438. The van der Waals surface area contributed by atoms with E-state index in [9.17, 15) is 9.59 Å². The van der Waals surface area contributed by atoms with E-state index in [4.69, 9.17) is 16.3 Å². The van der Waals surface area contributed by atoms with Crippen molar-refractivity contribution in [1.82, 2.24) is 10.2 Å². The zero-order valence-corrected chi connectivity index (χ0v) is 13.9. The molecule has 1 aromatic carbocycles. The number of carbonyl (C=O) groups excluding carboxylic acids is 2. The Bertz CT molecular complexity index is 698. The van der Waals surface area contributed by atoms with Crippen LogP contribution in [0.5, 0.6) is 0 Å². The van der Waals surface area contributed by atoms with Gasteiger partial charge in [0.25, 0.3) is 0 Å². The van der Waals surface area contributed by atoms with Crippen molar-refractivity contribution in [3.05, 3.63) is 29.5 Å². The summed E-state index contributed by atoms with van der Waals surface area (Å²) in [6, 6.07) is 3.89. The van der Waals surface area contributed by atoms with Crippen LogP contribution in [-0.4, -0.2) is 36.4 Å². The predicted molar refractivity (Wildman–Crippen MR) is 86.1 cm³/mol. The first-order chi connectivity index (χ1) is 11.1. The van der Waals surface area contributed by atoms with Gasteiger partial charge in [-0.1, -0.05) is 6.07 Å². The van der Waals surface area contributed by atoms with Crippen molar-refractivity contribution in [3.8, 4) is 0 Å². The maximum Gasteiger partial charge on any atom is 0.309 e. The van der Waals surface area contributed by atoms with E-state index in [1.54, 1.807) is 6.20 Å². The number of hydrogen-bond donors (Lipinski definition) is 1. The van der Waals surface area contributed by atoms with Crippen LogP contribution in [0.25, 0.3) is 10.9 Å². The minimum atomic E-state index is -0.532. The van der Waals surface area contributed by atoms with E-state index < -0.39 is 17.9 Å². The number of halogens is 1. The van der Waals surface area contributed by atoms with Gasteiger partial charge in [-0.3, -0.25) is 14.7 Å². The number of carbonyl (C=O) groups is 2. The third-order valence-corrected chi connectivity index (χ3v) is 4.17. The van der Waals surface area contributed by atoms with Gasteiger partial charge in [-0.2, -0.15) is 5.10 Å². The van der Waals surface area contributed by atoms with Crippen LogP contribution in [0.4, 0.5) is 0 Å². The summed E-state index contributed by atoms with van der Waals surface area (Å²) in [5, 5.41) is 7.90. The second kappa shape index (κ2) is 7.97. The lowest BCUT2D eigenvalue weighted by Crippen LogP contribution is -2.21. The Kier molecular flexibility index (Phi) is 5.98. The lowest BCUT2D eigenvalue weighted by atomic mass is 9.93. The topological polar surface area (TPSA) is 81.3 Å². The summed E-state index contributed by atoms with van der Waals surface area (Å²) in [7, 11) is 2.61. The molecule has 0 aliphatic heterocycles. The molecule has 2 rings (SSSR count). The van der Waals surface area contributed by atoms with Crippen LogP contribution in [0.15, 0.2) is 18.3 Å². The average Bonchev–Trinajstić information content (AvgIpc) is 3.05. The van der Waals surface area contributed by atoms with E-state index in [0.29, 0.717) is 18.7 Å². The molecule has 7 heteroatoms. The number of rotatable bonds is 7. The molecule has 0 radical (unpaired) electrons. The smallest absolute Gasteiger partial charge is 0.309 e. The molecular formula is C16H19ClN2O4. The number of nitrogens with zero attached hydrogens (tertiary/aromatic N) is 1. The molecule has 1 aromatic heterocycles. The van der Waals surface area contributed by atoms with Crippen molar-refractivity contribution in [2.75, 3.05) is 14.2 Å². The number of hydrogen-bond acceptors (Lipinski definition) is 5. The Morgan fingerprint density at radius 1 is 1.30 bits per heavy atom.